The summed E-state index contributed by atoms with van der Waals surface area (Å²) >= 11 is 0. The fraction of sp³-hybridized carbons (Fsp3) is 0.857. The summed E-state index contributed by atoms with van der Waals surface area (Å²) in [4.78, 5) is 28.3. The van der Waals surface area contributed by atoms with Crippen LogP contribution in [0.2, 0.25) is 0 Å². The minimum atomic E-state index is -2.93. The molecule has 1 atom stereocenters. The molecule has 1 aliphatic rings. The number of carbonyl (C=O) groups excluding carboxylic acids is 2. The fourth-order valence-electron chi connectivity index (χ4n) is 2.03. The third kappa shape index (κ3) is 7.74. The summed E-state index contributed by atoms with van der Waals surface area (Å²) in [5, 5.41) is 0.954. The van der Waals surface area contributed by atoms with Gasteiger partial charge in [-0.25, -0.2) is 5.06 Å². The standard InChI is InChI=1S/C14H26NO5P/c1-5-19-21(18,9-12-6-7-12)10-13(17)8-15(11-16)20-14(2,3)4/h11-12H,5-10H2,1-4H3. The Labute approximate surface area is 126 Å². The first-order valence-electron chi connectivity index (χ1n) is 7.33. The molecule has 122 valence electrons. The van der Waals surface area contributed by atoms with Crippen molar-refractivity contribution in [1.29, 1.82) is 0 Å². The molecule has 0 spiro atoms. The van der Waals surface area contributed by atoms with Gasteiger partial charge in [0.25, 0.3) is 0 Å². The molecule has 0 N–H and O–H groups in total. The summed E-state index contributed by atoms with van der Waals surface area (Å²) in [6, 6.07) is 0. The van der Waals surface area contributed by atoms with E-state index >= 15 is 0 Å². The molecule has 0 radical (unpaired) electrons. The molecular formula is C14H26NO5P. The van der Waals surface area contributed by atoms with Gasteiger partial charge in [0, 0.05) is 6.16 Å². The number of carbonyl (C=O) groups is 2. The largest absolute Gasteiger partial charge is 0.328 e. The summed E-state index contributed by atoms with van der Waals surface area (Å²) < 4.78 is 18.0. The second-order valence-corrected chi connectivity index (χ2v) is 9.01. The summed E-state index contributed by atoms with van der Waals surface area (Å²) in [6.07, 6.45) is 2.91. The molecular weight excluding hydrogens is 293 g/mol. The second kappa shape index (κ2) is 7.52. The normalized spacial score (nSPS) is 18.1. The number of nitrogens with zero attached hydrogens (tertiary/aromatic N) is 1. The second-order valence-electron chi connectivity index (χ2n) is 6.44. The molecule has 21 heavy (non-hydrogen) atoms. The van der Waals surface area contributed by atoms with E-state index in [9.17, 15) is 14.2 Å². The Morgan fingerprint density at radius 1 is 1.38 bits per heavy atom. The predicted molar refractivity (Wildman–Crippen MR) is 80.3 cm³/mol. The van der Waals surface area contributed by atoms with Crippen molar-refractivity contribution in [3.63, 3.8) is 0 Å². The number of hydrogen-bond donors (Lipinski definition) is 0. The highest BCUT2D eigenvalue weighted by atomic mass is 31.2. The monoisotopic (exact) mass is 319 g/mol. The molecule has 0 aromatic carbocycles. The molecule has 1 rings (SSSR count). The number of hydrogen-bond acceptors (Lipinski definition) is 5. The zero-order chi connectivity index (χ0) is 16.1. The van der Waals surface area contributed by atoms with Gasteiger partial charge in [-0.15, -0.1) is 0 Å². The van der Waals surface area contributed by atoms with E-state index in [0.29, 0.717) is 25.1 Å². The average molecular weight is 319 g/mol. The quantitative estimate of drug-likeness (QED) is 0.351. The van der Waals surface area contributed by atoms with E-state index in [0.717, 1.165) is 17.9 Å². The Kier molecular flexibility index (Phi) is 6.57. The Hall–Kier alpha value is -0.710. The molecule has 1 saturated carbocycles. The highest BCUT2D eigenvalue weighted by Crippen LogP contribution is 2.53. The third-order valence-corrected chi connectivity index (χ3v) is 5.49. The lowest BCUT2D eigenvalue weighted by Gasteiger charge is -2.26. The van der Waals surface area contributed by atoms with Crippen LogP contribution in [-0.4, -0.2) is 48.3 Å². The first-order chi connectivity index (χ1) is 9.67. The van der Waals surface area contributed by atoms with Crippen LogP contribution in [0.15, 0.2) is 0 Å². The number of Topliss-reactive ketones (excluding diaryl/α,β-unsaturated/α-hetero) is 1. The van der Waals surface area contributed by atoms with Gasteiger partial charge in [-0.1, -0.05) is 0 Å². The van der Waals surface area contributed by atoms with Crippen molar-refractivity contribution in [2.24, 2.45) is 5.92 Å². The highest BCUT2D eigenvalue weighted by Gasteiger charge is 2.35. The lowest BCUT2D eigenvalue weighted by Crippen LogP contribution is -2.37. The molecule has 1 unspecified atom stereocenters. The molecule has 1 amide bonds. The van der Waals surface area contributed by atoms with Crippen molar-refractivity contribution in [1.82, 2.24) is 5.06 Å². The topological polar surface area (TPSA) is 72.9 Å². The van der Waals surface area contributed by atoms with Crippen LogP contribution in [0, 0.1) is 5.92 Å². The fourth-order valence-corrected chi connectivity index (χ4v) is 4.61. The summed E-state index contributed by atoms with van der Waals surface area (Å²) in [6.45, 7) is 7.24. The van der Waals surface area contributed by atoms with Crippen molar-refractivity contribution in [3.8, 4) is 0 Å². The molecule has 0 bridgehead atoms. The Balaban J connectivity index is 2.55. The van der Waals surface area contributed by atoms with Crippen LogP contribution in [0.25, 0.3) is 0 Å². The molecule has 1 fully saturated rings. The third-order valence-electron chi connectivity index (χ3n) is 2.86. The van der Waals surface area contributed by atoms with E-state index in [2.05, 4.69) is 0 Å². The van der Waals surface area contributed by atoms with Gasteiger partial charge in [0.2, 0.25) is 13.8 Å². The molecule has 0 aromatic heterocycles. The maximum atomic E-state index is 12.6. The van der Waals surface area contributed by atoms with Gasteiger partial charge in [-0.3, -0.25) is 19.0 Å². The van der Waals surface area contributed by atoms with Gasteiger partial charge in [0.15, 0.2) is 5.78 Å². The molecule has 0 aliphatic heterocycles. The van der Waals surface area contributed by atoms with Crippen molar-refractivity contribution < 1.29 is 23.5 Å². The van der Waals surface area contributed by atoms with Crippen LogP contribution < -0.4 is 0 Å². The van der Waals surface area contributed by atoms with Gasteiger partial charge in [-0.2, -0.15) is 0 Å². The number of amides is 1. The highest BCUT2D eigenvalue weighted by molar-refractivity contribution is 7.60. The Morgan fingerprint density at radius 2 is 2.00 bits per heavy atom. The molecule has 7 heteroatoms. The van der Waals surface area contributed by atoms with E-state index in [4.69, 9.17) is 9.36 Å². The summed E-state index contributed by atoms with van der Waals surface area (Å²) in [5.41, 5.74) is -0.571. The SMILES string of the molecule is CCOP(=O)(CC(=O)CN(C=O)OC(C)(C)C)CC1CC1. The van der Waals surface area contributed by atoms with Crippen molar-refractivity contribution in [2.75, 3.05) is 25.5 Å². The maximum absolute atomic E-state index is 12.6. The first-order valence-corrected chi connectivity index (χ1v) is 9.32. The van der Waals surface area contributed by atoms with E-state index in [1.807, 2.05) is 0 Å². The summed E-state index contributed by atoms with van der Waals surface area (Å²) in [5.74, 6) is 0.118. The van der Waals surface area contributed by atoms with E-state index in [1.165, 1.54) is 0 Å². The number of rotatable bonds is 10. The lowest BCUT2D eigenvalue weighted by molar-refractivity contribution is -0.215. The van der Waals surface area contributed by atoms with Crippen LogP contribution in [0.3, 0.4) is 0 Å². The van der Waals surface area contributed by atoms with Crippen molar-refractivity contribution in [2.45, 2.75) is 46.1 Å². The van der Waals surface area contributed by atoms with E-state index in [1.54, 1.807) is 27.7 Å². The smallest absolute Gasteiger partial charge is 0.233 e. The lowest BCUT2D eigenvalue weighted by atomic mass is 10.2. The molecule has 0 heterocycles. The Bertz CT molecular complexity index is 414. The van der Waals surface area contributed by atoms with Gasteiger partial charge in [0.1, 0.15) is 6.54 Å². The molecule has 6 nitrogen and oxygen atoms in total. The van der Waals surface area contributed by atoms with Gasteiger partial charge < -0.3 is 4.52 Å². The maximum Gasteiger partial charge on any atom is 0.233 e. The van der Waals surface area contributed by atoms with Crippen LogP contribution >= 0.6 is 7.37 Å². The van der Waals surface area contributed by atoms with Crippen molar-refractivity contribution in [3.05, 3.63) is 0 Å². The zero-order valence-electron chi connectivity index (χ0n) is 13.3. The minimum absolute atomic E-state index is 0.130. The van der Waals surface area contributed by atoms with Gasteiger partial charge >= 0.3 is 0 Å². The van der Waals surface area contributed by atoms with Crippen LogP contribution in [-0.2, 0) is 23.5 Å². The first kappa shape index (κ1) is 18.3. The van der Waals surface area contributed by atoms with Gasteiger partial charge in [0.05, 0.1) is 18.4 Å². The predicted octanol–water partition coefficient (Wildman–Crippen LogP) is 2.47. The van der Waals surface area contributed by atoms with Crippen LogP contribution in [0.4, 0.5) is 0 Å². The van der Waals surface area contributed by atoms with Crippen LogP contribution in [0.5, 0.6) is 0 Å². The number of hydroxylamine groups is 2. The molecule has 0 saturated heterocycles. The number of ketones is 1. The van der Waals surface area contributed by atoms with Crippen LogP contribution in [0.1, 0.15) is 40.5 Å². The summed E-state index contributed by atoms with van der Waals surface area (Å²) in [7, 11) is -2.93. The van der Waals surface area contributed by atoms with E-state index < -0.39 is 13.0 Å². The molecule has 0 aromatic rings. The minimum Gasteiger partial charge on any atom is -0.328 e. The molecule has 1 aliphatic carbocycles. The van der Waals surface area contributed by atoms with Gasteiger partial charge in [-0.05, 0) is 46.5 Å². The van der Waals surface area contributed by atoms with Crippen molar-refractivity contribution >= 4 is 19.6 Å². The average Bonchev–Trinajstić information content (AvgIpc) is 3.09. The zero-order valence-corrected chi connectivity index (χ0v) is 14.2. The van der Waals surface area contributed by atoms with E-state index in [-0.39, 0.29) is 18.5 Å². The Morgan fingerprint density at radius 3 is 2.43 bits per heavy atom.